The Morgan fingerprint density at radius 1 is 0.760 bits per heavy atom. The Hall–Kier alpha value is -1.70. The Balaban J connectivity index is 0.000000443. The van der Waals surface area contributed by atoms with Crippen molar-refractivity contribution in [1.82, 2.24) is 0 Å². The molecule has 0 unspecified atom stereocenters. The summed E-state index contributed by atoms with van der Waals surface area (Å²) in [5.74, 6) is -2.21. The van der Waals surface area contributed by atoms with Crippen LogP contribution in [-0.4, -0.2) is 11.9 Å². The molecule has 0 heterocycles. The molecule has 2 aromatic carbocycles. The number of hydrogen-bond donors (Lipinski definition) is 0. The molecule has 0 aliphatic heterocycles. The zero-order chi connectivity index (χ0) is 17.9. The van der Waals surface area contributed by atoms with Crippen LogP contribution in [0.2, 0.25) is 0 Å². The van der Waals surface area contributed by atoms with Crippen LogP contribution >= 0.6 is 0 Å². The van der Waals surface area contributed by atoms with Gasteiger partial charge >= 0.3 is 27.3 Å². The Labute approximate surface area is 169 Å². The minimum absolute atomic E-state index is 0. The van der Waals surface area contributed by atoms with E-state index in [1.165, 1.54) is 0 Å². The van der Waals surface area contributed by atoms with Crippen molar-refractivity contribution in [1.29, 1.82) is 0 Å². The topological polar surface area (TPSA) is 80.3 Å². The van der Waals surface area contributed by atoms with Gasteiger partial charge < -0.3 is 19.8 Å². The van der Waals surface area contributed by atoms with E-state index in [9.17, 15) is 19.8 Å². The maximum absolute atomic E-state index is 10.4. The van der Waals surface area contributed by atoms with E-state index < -0.39 is 11.9 Å². The van der Waals surface area contributed by atoms with Crippen LogP contribution in [0.1, 0.15) is 58.5 Å². The molecule has 2 aromatic rings. The maximum Gasteiger partial charge on any atom is 2.00 e. The van der Waals surface area contributed by atoms with Crippen molar-refractivity contribution in [2.45, 2.75) is 39.5 Å². The van der Waals surface area contributed by atoms with Crippen LogP contribution in [0.4, 0.5) is 0 Å². The van der Waals surface area contributed by atoms with Gasteiger partial charge in [0.2, 0.25) is 0 Å². The van der Waals surface area contributed by atoms with Crippen LogP contribution in [0.3, 0.4) is 0 Å². The van der Waals surface area contributed by atoms with Crippen molar-refractivity contribution in [3.8, 4) is 0 Å². The number of aryl methyl sites for hydroxylation is 2. The summed E-state index contributed by atoms with van der Waals surface area (Å²) in [6.07, 6.45) is 3.88. The van der Waals surface area contributed by atoms with Crippen LogP contribution in [0.25, 0.3) is 0 Å². The van der Waals surface area contributed by atoms with Gasteiger partial charge in [-0.2, -0.15) is 0 Å². The largest absolute Gasteiger partial charge is 2.00 e. The van der Waals surface area contributed by atoms with E-state index in [0.717, 1.165) is 36.8 Å². The van der Waals surface area contributed by atoms with Gasteiger partial charge in [0.15, 0.2) is 0 Å². The van der Waals surface area contributed by atoms with Crippen molar-refractivity contribution in [2.24, 2.45) is 0 Å². The van der Waals surface area contributed by atoms with Gasteiger partial charge in [-0.1, -0.05) is 63.1 Å². The van der Waals surface area contributed by atoms with E-state index in [-0.39, 0.29) is 38.4 Å². The predicted octanol–water partition coefficient (Wildman–Crippen LogP) is 2.00. The zero-order valence-electron chi connectivity index (χ0n) is 14.8. The molecule has 0 aromatic heterocycles. The molecule has 0 atom stereocenters. The van der Waals surface area contributed by atoms with Crippen LogP contribution in [0.15, 0.2) is 48.5 Å². The number of carbonyl (C=O) groups excluding carboxylic acids is 2. The fourth-order valence-corrected chi connectivity index (χ4v) is 2.28. The fraction of sp³-hybridized carbons (Fsp3) is 0.300. The van der Waals surface area contributed by atoms with Gasteiger partial charge in [0.1, 0.15) is 0 Å². The van der Waals surface area contributed by atoms with Gasteiger partial charge in [-0.15, -0.1) is 0 Å². The van der Waals surface area contributed by atoms with Crippen LogP contribution in [0, 0.1) is 0 Å². The molecule has 0 fully saturated rings. The molecule has 0 saturated heterocycles. The quantitative estimate of drug-likeness (QED) is 0.646. The second-order valence-corrected chi connectivity index (χ2v) is 5.48. The monoisotopic (exact) mass is 440 g/mol. The third-order valence-corrected chi connectivity index (χ3v) is 3.40. The molecule has 0 amide bonds. The molecule has 0 N–H and O–H groups in total. The average Bonchev–Trinajstić information content (AvgIpc) is 2.56. The number of carboxylic acids is 2. The molecule has 5 heteroatoms. The Morgan fingerprint density at radius 2 is 1.12 bits per heavy atom. The van der Waals surface area contributed by atoms with Crippen LogP contribution in [-0.2, 0) is 40.1 Å². The molecular formula is C20H22CdO4. The first-order valence-electron chi connectivity index (χ1n) is 8.08. The van der Waals surface area contributed by atoms with Crippen molar-refractivity contribution < 1.29 is 47.1 Å². The minimum Gasteiger partial charge on any atom is -0.545 e. The van der Waals surface area contributed by atoms with E-state index in [4.69, 9.17) is 0 Å². The van der Waals surface area contributed by atoms with Gasteiger partial charge in [0.25, 0.3) is 0 Å². The van der Waals surface area contributed by atoms with Crippen molar-refractivity contribution >= 4 is 11.9 Å². The van der Waals surface area contributed by atoms with Crippen molar-refractivity contribution in [2.75, 3.05) is 0 Å². The van der Waals surface area contributed by atoms with Crippen molar-refractivity contribution in [3.63, 3.8) is 0 Å². The van der Waals surface area contributed by atoms with Gasteiger partial charge in [0.05, 0.1) is 11.9 Å². The SMILES string of the molecule is CCCc1cccc(C(=O)[O-])c1.CCCc1cccc(C(=O)[O-])c1.[Cd+2]. The summed E-state index contributed by atoms with van der Waals surface area (Å²) in [4.78, 5) is 20.9. The van der Waals surface area contributed by atoms with Gasteiger partial charge in [-0.25, -0.2) is 0 Å². The first-order valence-corrected chi connectivity index (χ1v) is 8.08. The van der Waals surface area contributed by atoms with E-state index in [1.807, 2.05) is 12.1 Å². The van der Waals surface area contributed by atoms with E-state index in [0.29, 0.717) is 0 Å². The van der Waals surface area contributed by atoms with E-state index in [2.05, 4.69) is 13.8 Å². The Bertz CT molecular complexity index is 623. The average molecular weight is 439 g/mol. The summed E-state index contributed by atoms with van der Waals surface area (Å²) in [6, 6.07) is 13.8. The summed E-state index contributed by atoms with van der Waals surface area (Å²) < 4.78 is 0. The standard InChI is InChI=1S/2C10H12O2.Cd/c2*1-2-4-8-5-3-6-9(7-8)10(11)12;/h2*3,5-7H,2,4H2,1H3,(H,11,12);/q;;+2/p-2. The summed E-state index contributed by atoms with van der Waals surface area (Å²) in [6.45, 7) is 4.12. The molecule has 25 heavy (non-hydrogen) atoms. The number of carbonyl (C=O) groups is 2. The molecule has 2 rings (SSSR count). The second kappa shape index (κ2) is 12.6. The third-order valence-electron chi connectivity index (χ3n) is 3.40. The Morgan fingerprint density at radius 3 is 1.40 bits per heavy atom. The first kappa shape index (κ1) is 23.3. The first-order chi connectivity index (χ1) is 11.5. The summed E-state index contributed by atoms with van der Waals surface area (Å²) >= 11 is 0. The number of benzene rings is 2. The molecule has 4 nitrogen and oxygen atoms in total. The van der Waals surface area contributed by atoms with Gasteiger partial charge in [-0.05, 0) is 47.2 Å². The number of rotatable bonds is 6. The molecule has 0 spiro atoms. The van der Waals surface area contributed by atoms with Gasteiger partial charge in [0, 0.05) is 0 Å². The van der Waals surface area contributed by atoms with E-state index in [1.54, 1.807) is 36.4 Å². The molecule has 0 aliphatic rings. The summed E-state index contributed by atoms with van der Waals surface area (Å²) in [5.41, 5.74) is 2.64. The zero-order valence-corrected chi connectivity index (χ0v) is 18.8. The van der Waals surface area contributed by atoms with Gasteiger partial charge in [-0.3, -0.25) is 0 Å². The molecule has 0 radical (unpaired) electrons. The number of carboxylic acid groups (broad SMARTS) is 2. The third kappa shape index (κ3) is 8.81. The summed E-state index contributed by atoms with van der Waals surface area (Å²) in [5, 5.41) is 20.9. The summed E-state index contributed by atoms with van der Waals surface area (Å²) in [7, 11) is 0. The normalized spacial score (nSPS) is 9.36. The smallest absolute Gasteiger partial charge is 0.545 e. The molecule has 0 saturated carbocycles. The molecule has 128 valence electrons. The maximum atomic E-state index is 10.4. The van der Waals surface area contributed by atoms with Crippen LogP contribution in [0.5, 0.6) is 0 Å². The molecule has 0 aliphatic carbocycles. The number of aromatic carboxylic acids is 2. The van der Waals surface area contributed by atoms with Crippen molar-refractivity contribution in [3.05, 3.63) is 70.8 Å². The number of hydrogen-bond acceptors (Lipinski definition) is 4. The van der Waals surface area contributed by atoms with Crippen LogP contribution < -0.4 is 10.2 Å². The molecule has 0 bridgehead atoms. The predicted molar refractivity (Wildman–Crippen MR) is 89.5 cm³/mol. The minimum atomic E-state index is -1.10. The van der Waals surface area contributed by atoms with E-state index >= 15 is 0 Å². The fourth-order valence-electron chi connectivity index (χ4n) is 2.28. The second-order valence-electron chi connectivity index (χ2n) is 5.48. The molecular weight excluding hydrogens is 417 g/mol. The Kier molecular flexibility index (Phi) is 11.8.